The summed E-state index contributed by atoms with van der Waals surface area (Å²) in [5.41, 5.74) is 3.33. The number of halogens is 2. The van der Waals surface area contributed by atoms with E-state index in [2.05, 4.69) is 26.5 Å². The van der Waals surface area contributed by atoms with Crippen molar-refractivity contribution in [3.05, 3.63) is 75.9 Å². The molecule has 26 heavy (non-hydrogen) atoms. The van der Waals surface area contributed by atoms with Gasteiger partial charge in [0, 0.05) is 15.1 Å². The molecule has 3 aromatic rings. The Bertz CT molecular complexity index is 923. The van der Waals surface area contributed by atoms with Crippen molar-refractivity contribution in [2.24, 2.45) is 5.10 Å². The highest BCUT2D eigenvalue weighted by Gasteiger charge is 2.04. The minimum absolute atomic E-state index is 0.167. The maximum absolute atomic E-state index is 11.7. The molecule has 0 fully saturated rings. The second-order valence-corrected chi connectivity index (χ2v) is 6.60. The van der Waals surface area contributed by atoms with Crippen molar-refractivity contribution in [1.29, 1.82) is 0 Å². The molecular formula is C19H14BrClN2O3. The van der Waals surface area contributed by atoms with E-state index in [0.29, 0.717) is 16.5 Å². The Balaban J connectivity index is 1.50. The molecule has 7 heteroatoms. The molecule has 0 radical (unpaired) electrons. The van der Waals surface area contributed by atoms with Gasteiger partial charge in [0.25, 0.3) is 5.91 Å². The van der Waals surface area contributed by atoms with Gasteiger partial charge in [0.1, 0.15) is 17.3 Å². The first kappa shape index (κ1) is 18.2. The number of nitrogens with one attached hydrogen (secondary N) is 1. The SMILES string of the molecule is O=C(COc1cccc(Cl)c1)NN=Cc1ccc(-c2ccc(Br)cc2)o1. The van der Waals surface area contributed by atoms with E-state index in [0.717, 1.165) is 15.8 Å². The molecule has 132 valence electrons. The molecule has 0 aliphatic heterocycles. The lowest BCUT2D eigenvalue weighted by Gasteiger charge is -2.04. The van der Waals surface area contributed by atoms with Crippen molar-refractivity contribution in [2.45, 2.75) is 0 Å². The summed E-state index contributed by atoms with van der Waals surface area (Å²) < 4.78 is 12.0. The van der Waals surface area contributed by atoms with E-state index in [1.165, 1.54) is 6.21 Å². The Morgan fingerprint density at radius 1 is 1.19 bits per heavy atom. The van der Waals surface area contributed by atoms with E-state index in [-0.39, 0.29) is 12.5 Å². The third-order valence-electron chi connectivity index (χ3n) is 3.30. The molecule has 5 nitrogen and oxygen atoms in total. The number of ether oxygens (including phenoxy) is 1. The molecule has 0 aliphatic carbocycles. The van der Waals surface area contributed by atoms with Crippen LogP contribution in [0.5, 0.6) is 5.75 Å². The van der Waals surface area contributed by atoms with Crippen molar-refractivity contribution in [2.75, 3.05) is 6.61 Å². The maximum atomic E-state index is 11.7. The maximum Gasteiger partial charge on any atom is 0.277 e. The number of carbonyl (C=O) groups is 1. The topological polar surface area (TPSA) is 63.8 Å². The molecule has 0 unspecified atom stereocenters. The molecule has 0 saturated heterocycles. The molecule has 1 aromatic heterocycles. The second-order valence-electron chi connectivity index (χ2n) is 5.25. The summed E-state index contributed by atoms with van der Waals surface area (Å²) in [6, 6.07) is 18.2. The molecule has 0 aliphatic rings. The van der Waals surface area contributed by atoms with Crippen LogP contribution in [0.4, 0.5) is 0 Å². The molecule has 2 aromatic carbocycles. The predicted molar refractivity (Wildman–Crippen MR) is 105 cm³/mol. The van der Waals surface area contributed by atoms with Crippen molar-refractivity contribution in [1.82, 2.24) is 5.43 Å². The van der Waals surface area contributed by atoms with Crippen LogP contribution in [-0.2, 0) is 4.79 Å². The fraction of sp³-hybridized carbons (Fsp3) is 0.0526. The largest absolute Gasteiger partial charge is 0.484 e. The van der Waals surface area contributed by atoms with Gasteiger partial charge in [-0.15, -0.1) is 0 Å². The van der Waals surface area contributed by atoms with Gasteiger partial charge in [0.2, 0.25) is 0 Å². The molecular weight excluding hydrogens is 420 g/mol. The standard InChI is InChI=1S/C19H14BrClN2O3/c20-14-6-4-13(5-7-14)18-9-8-17(26-18)11-22-23-19(24)12-25-16-3-1-2-15(21)10-16/h1-11H,12H2,(H,23,24). The second kappa shape index (κ2) is 8.69. The molecule has 0 saturated carbocycles. The zero-order valence-corrected chi connectivity index (χ0v) is 15.8. The van der Waals surface area contributed by atoms with Gasteiger partial charge in [-0.3, -0.25) is 4.79 Å². The highest BCUT2D eigenvalue weighted by atomic mass is 79.9. The number of benzene rings is 2. The van der Waals surface area contributed by atoms with Crippen LogP contribution in [0.1, 0.15) is 5.76 Å². The van der Waals surface area contributed by atoms with Crippen LogP contribution in [0.25, 0.3) is 11.3 Å². The predicted octanol–water partition coefficient (Wildman–Crippen LogP) is 4.89. The number of furan rings is 1. The first-order valence-electron chi connectivity index (χ1n) is 7.66. The Morgan fingerprint density at radius 2 is 2.00 bits per heavy atom. The van der Waals surface area contributed by atoms with Crippen LogP contribution in [0.15, 0.2) is 74.7 Å². The quantitative estimate of drug-likeness (QED) is 0.444. The number of hydrazone groups is 1. The normalized spacial score (nSPS) is 10.8. The van der Waals surface area contributed by atoms with Gasteiger partial charge >= 0.3 is 0 Å². The van der Waals surface area contributed by atoms with Crippen molar-refractivity contribution >= 4 is 39.7 Å². The van der Waals surface area contributed by atoms with Crippen LogP contribution < -0.4 is 10.2 Å². The summed E-state index contributed by atoms with van der Waals surface area (Å²) >= 11 is 9.24. The van der Waals surface area contributed by atoms with E-state index < -0.39 is 0 Å². The van der Waals surface area contributed by atoms with Gasteiger partial charge < -0.3 is 9.15 Å². The van der Waals surface area contributed by atoms with E-state index in [9.17, 15) is 4.79 Å². The molecule has 0 bridgehead atoms. The first-order valence-corrected chi connectivity index (χ1v) is 8.83. The number of rotatable bonds is 6. The van der Waals surface area contributed by atoms with Crippen molar-refractivity contribution in [3.63, 3.8) is 0 Å². The average molecular weight is 434 g/mol. The fourth-order valence-electron chi connectivity index (χ4n) is 2.10. The monoisotopic (exact) mass is 432 g/mol. The van der Waals surface area contributed by atoms with Crippen LogP contribution in [-0.4, -0.2) is 18.7 Å². The molecule has 1 N–H and O–H groups in total. The van der Waals surface area contributed by atoms with Gasteiger partial charge in [-0.05, 0) is 42.5 Å². The lowest BCUT2D eigenvalue weighted by molar-refractivity contribution is -0.123. The van der Waals surface area contributed by atoms with Gasteiger partial charge in [-0.25, -0.2) is 5.43 Å². The minimum atomic E-state index is -0.388. The Hall–Kier alpha value is -2.57. The van der Waals surface area contributed by atoms with Gasteiger partial charge in [-0.2, -0.15) is 5.10 Å². The van der Waals surface area contributed by atoms with Crippen molar-refractivity contribution < 1.29 is 13.9 Å². The molecule has 1 amide bonds. The molecule has 1 heterocycles. The summed E-state index contributed by atoms with van der Waals surface area (Å²) in [7, 11) is 0. The molecule has 0 atom stereocenters. The Morgan fingerprint density at radius 3 is 2.77 bits per heavy atom. The summed E-state index contributed by atoms with van der Waals surface area (Å²) in [5.74, 6) is 1.37. The third-order valence-corrected chi connectivity index (χ3v) is 4.07. The highest BCUT2D eigenvalue weighted by molar-refractivity contribution is 9.10. The lowest BCUT2D eigenvalue weighted by Crippen LogP contribution is -2.24. The van der Waals surface area contributed by atoms with Crippen LogP contribution in [0.3, 0.4) is 0 Å². The van der Waals surface area contributed by atoms with Crippen LogP contribution in [0.2, 0.25) is 5.02 Å². The first-order chi connectivity index (χ1) is 12.6. The average Bonchev–Trinajstić information content (AvgIpc) is 3.09. The fourth-order valence-corrected chi connectivity index (χ4v) is 2.54. The number of hydrogen-bond donors (Lipinski definition) is 1. The van der Waals surface area contributed by atoms with E-state index in [4.69, 9.17) is 20.8 Å². The lowest BCUT2D eigenvalue weighted by atomic mass is 10.2. The summed E-state index contributed by atoms with van der Waals surface area (Å²) in [6.45, 7) is -0.167. The Kier molecular flexibility index (Phi) is 6.09. The van der Waals surface area contributed by atoms with Gasteiger partial charge in [0.05, 0.1) is 6.21 Å². The van der Waals surface area contributed by atoms with Crippen LogP contribution >= 0.6 is 27.5 Å². The molecule has 3 rings (SSSR count). The van der Waals surface area contributed by atoms with Crippen LogP contribution in [0, 0.1) is 0 Å². The zero-order valence-electron chi connectivity index (χ0n) is 13.5. The van der Waals surface area contributed by atoms with E-state index >= 15 is 0 Å². The smallest absolute Gasteiger partial charge is 0.277 e. The number of hydrogen-bond acceptors (Lipinski definition) is 4. The van der Waals surface area contributed by atoms with E-state index in [1.807, 2.05) is 30.3 Å². The Labute approximate surface area is 163 Å². The number of carbonyl (C=O) groups excluding carboxylic acids is 1. The summed E-state index contributed by atoms with van der Waals surface area (Å²) in [4.78, 5) is 11.7. The number of nitrogens with zero attached hydrogens (tertiary/aromatic N) is 1. The minimum Gasteiger partial charge on any atom is -0.484 e. The molecule has 0 spiro atoms. The van der Waals surface area contributed by atoms with Gasteiger partial charge in [0.15, 0.2) is 6.61 Å². The van der Waals surface area contributed by atoms with Crippen molar-refractivity contribution in [3.8, 4) is 17.1 Å². The third kappa shape index (κ3) is 5.21. The summed E-state index contributed by atoms with van der Waals surface area (Å²) in [5, 5.41) is 4.40. The van der Waals surface area contributed by atoms with Gasteiger partial charge in [-0.1, -0.05) is 45.7 Å². The highest BCUT2D eigenvalue weighted by Crippen LogP contribution is 2.23. The summed E-state index contributed by atoms with van der Waals surface area (Å²) in [6.07, 6.45) is 1.43. The van der Waals surface area contributed by atoms with E-state index in [1.54, 1.807) is 30.3 Å². The number of amides is 1. The zero-order chi connectivity index (χ0) is 18.4.